The molecule has 5 rings (SSSR count). The molecule has 0 fully saturated rings. The molecule has 164 valence electrons. The molecule has 0 aliphatic carbocycles. The number of pyridine rings is 1. The summed E-state index contributed by atoms with van der Waals surface area (Å²) in [6, 6.07) is 8.45. The zero-order chi connectivity index (χ0) is 23.1. The molecule has 33 heavy (non-hydrogen) atoms. The van der Waals surface area contributed by atoms with Crippen LogP contribution in [0.15, 0.2) is 55.1 Å². The molecule has 4 heterocycles. The van der Waals surface area contributed by atoms with Crippen molar-refractivity contribution in [3.8, 4) is 23.0 Å². The molecule has 2 N–H and O–H groups in total. The maximum absolute atomic E-state index is 14.9. The molecule has 10 nitrogen and oxygen atoms in total. The Morgan fingerprint density at radius 1 is 1.12 bits per heavy atom. The fourth-order valence-electron chi connectivity index (χ4n) is 3.55. The monoisotopic (exact) mass is 445 g/mol. The van der Waals surface area contributed by atoms with E-state index in [1.807, 2.05) is 13.0 Å². The van der Waals surface area contributed by atoms with Crippen LogP contribution in [0.2, 0.25) is 0 Å². The van der Waals surface area contributed by atoms with E-state index in [2.05, 4.69) is 25.1 Å². The molecule has 0 saturated carbocycles. The highest BCUT2D eigenvalue weighted by Crippen LogP contribution is 2.27. The van der Waals surface area contributed by atoms with E-state index < -0.39 is 11.8 Å². The maximum Gasteiger partial charge on any atom is 0.338 e. The van der Waals surface area contributed by atoms with Crippen LogP contribution in [-0.2, 0) is 6.54 Å². The van der Waals surface area contributed by atoms with E-state index in [-0.39, 0.29) is 29.5 Å². The van der Waals surface area contributed by atoms with Gasteiger partial charge in [-0.05, 0) is 24.6 Å². The highest BCUT2D eigenvalue weighted by molar-refractivity contribution is 5.87. The third-order valence-electron chi connectivity index (χ3n) is 5.16. The number of carbonyl (C=O) groups is 1. The van der Waals surface area contributed by atoms with Crippen LogP contribution in [-0.4, -0.2) is 50.7 Å². The van der Waals surface area contributed by atoms with Crippen LogP contribution in [0.5, 0.6) is 5.88 Å². The van der Waals surface area contributed by atoms with Gasteiger partial charge in [0.05, 0.1) is 24.5 Å². The van der Waals surface area contributed by atoms with Gasteiger partial charge in [-0.25, -0.2) is 18.9 Å². The summed E-state index contributed by atoms with van der Waals surface area (Å²) in [7, 11) is 0. The minimum absolute atomic E-state index is 0.00529. The van der Waals surface area contributed by atoms with Gasteiger partial charge in [0.15, 0.2) is 0 Å². The predicted molar refractivity (Wildman–Crippen MR) is 115 cm³/mol. The lowest BCUT2D eigenvalue weighted by atomic mass is 10.0. The van der Waals surface area contributed by atoms with Crippen molar-refractivity contribution in [3.05, 3.63) is 77.8 Å². The number of carboxylic acid groups (broad SMARTS) is 1. The second kappa shape index (κ2) is 7.79. The molecule has 0 radical (unpaired) electrons. The summed E-state index contributed by atoms with van der Waals surface area (Å²) in [5, 5.41) is 27.7. The summed E-state index contributed by atoms with van der Waals surface area (Å²) in [5.41, 5.74) is 3.07. The van der Waals surface area contributed by atoms with Crippen molar-refractivity contribution in [1.82, 2.24) is 34.5 Å². The van der Waals surface area contributed by atoms with Gasteiger partial charge >= 0.3 is 5.97 Å². The second-order valence-corrected chi connectivity index (χ2v) is 7.31. The van der Waals surface area contributed by atoms with Crippen LogP contribution in [0.3, 0.4) is 0 Å². The van der Waals surface area contributed by atoms with Gasteiger partial charge in [0.25, 0.3) is 5.95 Å². The lowest BCUT2D eigenvalue weighted by Gasteiger charge is -2.09. The van der Waals surface area contributed by atoms with Crippen LogP contribution in [0.25, 0.3) is 28.1 Å². The SMILES string of the molecule is Cc1ncccc1-c1ccc(Cn2ncc3nc(-n4cc(C(=O)O)cn4)nc(O)c32)cc1F. The second-order valence-electron chi connectivity index (χ2n) is 7.31. The predicted octanol–water partition coefficient (Wildman–Crippen LogP) is 2.97. The fourth-order valence-corrected chi connectivity index (χ4v) is 3.55. The molecule has 0 spiro atoms. The Hall–Kier alpha value is -4.67. The van der Waals surface area contributed by atoms with E-state index in [1.54, 1.807) is 24.4 Å². The summed E-state index contributed by atoms with van der Waals surface area (Å²) in [6.45, 7) is 2.00. The first-order valence-corrected chi connectivity index (χ1v) is 9.82. The van der Waals surface area contributed by atoms with Crippen LogP contribution < -0.4 is 0 Å². The quantitative estimate of drug-likeness (QED) is 0.422. The topological polar surface area (TPSA) is 132 Å². The summed E-state index contributed by atoms with van der Waals surface area (Å²) in [5.74, 6) is -1.90. The van der Waals surface area contributed by atoms with E-state index in [9.17, 15) is 14.3 Å². The summed E-state index contributed by atoms with van der Waals surface area (Å²) in [6.07, 6.45) is 5.49. The van der Waals surface area contributed by atoms with Gasteiger partial charge in [-0.15, -0.1) is 0 Å². The molecule has 0 amide bonds. The van der Waals surface area contributed by atoms with Crippen molar-refractivity contribution in [2.45, 2.75) is 13.5 Å². The number of aryl methyl sites for hydroxylation is 1. The molecule has 5 aromatic rings. The molecule has 0 unspecified atom stereocenters. The van der Waals surface area contributed by atoms with Gasteiger partial charge in [-0.3, -0.25) is 9.67 Å². The molecule has 4 aromatic heterocycles. The number of nitrogens with zero attached hydrogens (tertiary/aromatic N) is 7. The summed E-state index contributed by atoms with van der Waals surface area (Å²) in [4.78, 5) is 23.6. The standard InChI is InChI=1S/C22H16FN7O3/c1-12-15(3-2-6-24-12)16-5-4-13(7-17(16)23)10-29-19-18(9-26-29)27-22(28-20(19)31)30-11-14(8-25-30)21(32)33/h2-9,11H,10H2,1H3,(H,32,33)(H,27,28,31). The van der Waals surface area contributed by atoms with Gasteiger partial charge in [-0.1, -0.05) is 18.2 Å². The zero-order valence-electron chi connectivity index (χ0n) is 17.2. The van der Waals surface area contributed by atoms with Crippen molar-refractivity contribution >= 4 is 17.0 Å². The van der Waals surface area contributed by atoms with Gasteiger partial charge < -0.3 is 10.2 Å². The first-order valence-electron chi connectivity index (χ1n) is 9.82. The summed E-state index contributed by atoms with van der Waals surface area (Å²) >= 11 is 0. The Morgan fingerprint density at radius 3 is 2.70 bits per heavy atom. The van der Waals surface area contributed by atoms with E-state index in [1.165, 1.54) is 23.1 Å². The number of halogens is 1. The van der Waals surface area contributed by atoms with Gasteiger partial charge in [0, 0.05) is 29.2 Å². The number of hydrogen-bond donors (Lipinski definition) is 2. The number of carboxylic acids is 1. The van der Waals surface area contributed by atoms with Gasteiger partial charge in [0.1, 0.15) is 16.9 Å². The van der Waals surface area contributed by atoms with E-state index in [4.69, 9.17) is 5.11 Å². The van der Waals surface area contributed by atoms with Gasteiger partial charge in [0.2, 0.25) is 5.88 Å². The average Bonchev–Trinajstić information content (AvgIpc) is 3.43. The van der Waals surface area contributed by atoms with Crippen LogP contribution in [0.1, 0.15) is 21.6 Å². The number of benzene rings is 1. The molecular weight excluding hydrogens is 429 g/mol. The first-order chi connectivity index (χ1) is 15.9. The van der Waals surface area contributed by atoms with Crippen molar-refractivity contribution in [2.75, 3.05) is 0 Å². The van der Waals surface area contributed by atoms with Crippen LogP contribution in [0.4, 0.5) is 4.39 Å². The normalized spacial score (nSPS) is 11.2. The Kier molecular flexibility index (Phi) is 4.78. The Bertz CT molecular complexity index is 1530. The average molecular weight is 445 g/mol. The summed E-state index contributed by atoms with van der Waals surface area (Å²) < 4.78 is 17.5. The number of hydrogen-bond acceptors (Lipinski definition) is 7. The fraction of sp³-hybridized carbons (Fsp3) is 0.0909. The lowest BCUT2D eigenvalue weighted by molar-refractivity contribution is 0.0697. The van der Waals surface area contributed by atoms with Gasteiger partial charge in [-0.2, -0.15) is 15.2 Å². The zero-order valence-corrected chi connectivity index (χ0v) is 17.2. The molecule has 11 heteroatoms. The molecule has 0 aliphatic heterocycles. The Labute approximate surface area is 185 Å². The Balaban J connectivity index is 1.47. The number of aromatic hydroxyl groups is 1. The largest absolute Gasteiger partial charge is 0.492 e. The number of aromatic carboxylic acids is 1. The van der Waals surface area contributed by atoms with Crippen molar-refractivity contribution in [2.24, 2.45) is 0 Å². The Morgan fingerprint density at radius 2 is 1.97 bits per heavy atom. The smallest absolute Gasteiger partial charge is 0.338 e. The molecule has 1 aromatic carbocycles. The van der Waals surface area contributed by atoms with Crippen LogP contribution >= 0.6 is 0 Å². The first kappa shape index (κ1) is 20.2. The van der Waals surface area contributed by atoms with Crippen molar-refractivity contribution in [3.63, 3.8) is 0 Å². The lowest BCUT2D eigenvalue weighted by Crippen LogP contribution is -2.05. The van der Waals surface area contributed by atoms with Crippen LogP contribution in [0, 0.1) is 12.7 Å². The number of fused-ring (bicyclic) bond motifs is 1. The highest BCUT2D eigenvalue weighted by atomic mass is 19.1. The number of aromatic nitrogens is 7. The van der Waals surface area contributed by atoms with E-state index >= 15 is 0 Å². The third-order valence-corrected chi connectivity index (χ3v) is 5.16. The maximum atomic E-state index is 14.9. The minimum atomic E-state index is -1.14. The molecule has 0 bridgehead atoms. The van der Waals surface area contributed by atoms with E-state index in [0.29, 0.717) is 22.2 Å². The number of rotatable bonds is 5. The molecular formula is C22H16FN7O3. The molecule has 0 atom stereocenters. The van der Waals surface area contributed by atoms with Crippen molar-refractivity contribution in [1.29, 1.82) is 0 Å². The van der Waals surface area contributed by atoms with E-state index in [0.717, 1.165) is 16.6 Å². The third kappa shape index (κ3) is 3.65. The highest BCUT2D eigenvalue weighted by Gasteiger charge is 2.17. The molecule has 0 aliphatic rings. The molecule has 0 saturated heterocycles. The minimum Gasteiger partial charge on any atom is -0.492 e. The van der Waals surface area contributed by atoms with Crippen molar-refractivity contribution < 1.29 is 19.4 Å².